The summed E-state index contributed by atoms with van der Waals surface area (Å²) in [6, 6.07) is 20.1. The summed E-state index contributed by atoms with van der Waals surface area (Å²) in [5, 5.41) is 0. The molecule has 0 bridgehead atoms. The average Bonchev–Trinajstić information content (AvgIpc) is 3.34. The molecule has 4 rings (SSSR count). The molecule has 128 valence electrons. The van der Waals surface area contributed by atoms with Gasteiger partial charge in [0.25, 0.3) is 0 Å². The quantitative estimate of drug-likeness (QED) is 0.578. The van der Waals surface area contributed by atoms with Crippen molar-refractivity contribution < 1.29 is 13.9 Å². The van der Waals surface area contributed by atoms with Gasteiger partial charge in [0.2, 0.25) is 0 Å². The molecule has 0 radical (unpaired) electrons. The fourth-order valence-corrected chi connectivity index (χ4v) is 3.36. The van der Waals surface area contributed by atoms with E-state index in [0.717, 1.165) is 47.0 Å². The zero-order valence-corrected chi connectivity index (χ0v) is 14.4. The van der Waals surface area contributed by atoms with E-state index in [0.29, 0.717) is 6.10 Å². The summed E-state index contributed by atoms with van der Waals surface area (Å²) in [5.74, 6) is 3.26. The Morgan fingerprint density at radius 2 is 1.52 bits per heavy atom. The highest BCUT2D eigenvalue weighted by Crippen LogP contribution is 2.36. The van der Waals surface area contributed by atoms with Gasteiger partial charge in [0.15, 0.2) is 11.5 Å². The monoisotopic (exact) mass is 334 g/mol. The van der Waals surface area contributed by atoms with E-state index in [1.54, 1.807) is 7.11 Å². The van der Waals surface area contributed by atoms with Crippen LogP contribution in [0.2, 0.25) is 0 Å². The second-order valence-electron chi connectivity index (χ2n) is 6.42. The maximum atomic E-state index is 6.18. The smallest absolute Gasteiger partial charge is 0.162 e. The molecular formula is C22H22O3. The molecule has 1 fully saturated rings. The van der Waals surface area contributed by atoms with Crippen LogP contribution in [0.3, 0.4) is 0 Å². The van der Waals surface area contributed by atoms with Crippen LogP contribution in [0.15, 0.2) is 65.1 Å². The summed E-state index contributed by atoms with van der Waals surface area (Å²) in [6.45, 7) is 0. The first-order valence-electron chi connectivity index (χ1n) is 8.84. The van der Waals surface area contributed by atoms with Crippen molar-refractivity contribution in [1.82, 2.24) is 0 Å². The number of furan rings is 1. The van der Waals surface area contributed by atoms with E-state index in [2.05, 4.69) is 0 Å². The van der Waals surface area contributed by atoms with E-state index in [4.69, 9.17) is 13.9 Å². The molecule has 2 aromatic carbocycles. The molecule has 3 heteroatoms. The van der Waals surface area contributed by atoms with Crippen LogP contribution in [-0.2, 0) is 0 Å². The number of benzene rings is 2. The van der Waals surface area contributed by atoms with Gasteiger partial charge in [-0.15, -0.1) is 0 Å². The van der Waals surface area contributed by atoms with Gasteiger partial charge in [0.1, 0.15) is 11.5 Å². The molecule has 25 heavy (non-hydrogen) atoms. The van der Waals surface area contributed by atoms with Crippen LogP contribution in [0.5, 0.6) is 11.5 Å². The Hall–Kier alpha value is -2.68. The number of hydrogen-bond donors (Lipinski definition) is 0. The van der Waals surface area contributed by atoms with E-state index in [1.165, 1.54) is 12.8 Å². The summed E-state index contributed by atoms with van der Waals surface area (Å²) in [6.07, 6.45) is 5.01. The summed E-state index contributed by atoms with van der Waals surface area (Å²) < 4.78 is 17.7. The lowest BCUT2D eigenvalue weighted by atomic mass is 10.1. The predicted molar refractivity (Wildman–Crippen MR) is 99.0 cm³/mol. The van der Waals surface area contributed by atoms with Crippen molar-refractivity contribution in [1.29, 1.82) is 0 Å². The molecule has 1 heterocycles. The van der Waals surface area contributed by atoms with Crippen LogP contribution in [0.4, 0.5) is 0 Å². The van der Waals surface area contributed by atoms with E-state index in [-0.39, 0.29) is 0 Å². The second-order valence-corrected chi connectivity index (χ2v) is 6.42. The van der Waals surface area contributed by atoms with E-state index in [9.17, 15) is 0 Å². The maximum absolute atomic E-state index is 6.18. The first kappa shape index (κ1) is 15.8. The van der Waals surface area contributed by atoms with E-state index in [1.807, 2.05) is 60.7 Å². The van der Waals surface area contributed by atoms with Crippen molar-refractivity contribution in [3.8, 4) is 34.1 Å². The molecule has 1 saturated carbocycles. The summed E-state index contributed by atoms with van der Waals surface area (Å²) in [5.41, 5.74) is 2.07. The van der Waals surface area contributed by atoms with Gasteiger partial charge >= 0.3 is 0 Å². The largest absolute Gasteiger partial charge is 0.493 e. The minimum atomic E-state index is 0.292. The molecule has 0 amide bonds. The van der Waals surface area contributed by atoms with Crippen LogP contribution in [0.1, 0.15) is 25.7 Å². The number of ether oxygens (including phenoxy) is 2. The lowest BCUT2D eigenvalue weighted by molar-refractivity contribution is 0.201. The van der Waals surface area contributed by atoms with Gasteiger partial charge in [0, 0.05) is 11.1 Å². The van der Waals surface area contributed by atoms with Crippen molar-refractivity contribution >= 4 is 0 Å². The minimum Gasteiger partial charge on any atom is -0.493 e. The summed E-state index contributed by atoms with van der Waals surface area (Å²) in [7, 11) is 1.68. The molecular weight excluding hydrogens is 312 g/mol. The van der Waals surface area contributed by atoms with Gasteiger partial charge in [-0.05, 0) is 56.0 Å². The second kappa shape index (κ2) is 7.06. The zero-order chi connectivity index (χ0) is 17.1. The van der Waals surface area contributed by atoms with Gasteiger partial charge in [-0.2, -0.15) is 0 Å². The molecule has 0 unspecified atom stereocenters. The molecule has 1 aliphatic rings. The van der Waals surface area contributed by atoms with Gasteiger partial charge < -0.3 is 13.9 Å². The Bertz CT molecular complexity index is 829. The van der Waals surface area contributed by atoms with Crippen molar-refractivity contribution in [2.24, 2.45) is 0 Å². The topological polar surface area (TPSA) is 31.6 Å². The van der Waals surface area contributed by atoms with Crippen LogP contribution in [-0.4, -0.2) is 13.2 Å². The molecule has 0 atom stereocenters. The summed E-state index contributed by atoms with van der Waals surface area (Å²) >= 11 is 0. The fourth-order valence-electron chi connectivity index (χ4n) is 3.36. The normalized spacial score (nSPS) is 14.6. The van der Waals surface area contributed by atoms with E-state index >= 15 is 0 Å². The Morgan fingerprint density at radius 3 is 2.24 bits per heavy atom. The van der Waals surface area contributed by atoms with Crippen LogP contribution >= 0.6 is 0 Å². The first-order chi connectivity index (χ1) is 12.3. The minimum absolute atomic E-state index is 0.292. The third-order valence-corrected chi connectivity index (χ3v) is 4.71. The Balaban J connectivity index is 1.63. The standard InChI is InChI=1S/C22H22O3/c1-23-21-12-11-17(15-22(21)24-18-9-5-6-10-18)20-14-13-19(25-20)16-7-3-2-4-8-16/h2-4,7-8,11-15,18H,5-6,9-10H2,1H3. The van der Waals surface area contributed by atoms with Crippen LogP contribution < -0.4 is 9.47 Å². The average molecular weight is 334 g/mol. The molecule has 1 aromatic heterocycles. The lowest BCUT2D eigenvalue weighted by Crippen LogP contribution is -2.11. The Kier molecular flexibility index (Phi) is 4.47. The molecule has 1 aliphatic carbocycles. The van der Waals surface area contributed by atoms with Crippen LogP contribution in [0, 0.1) is 0 Å². The molecule has 0 spiro atoms. The van der Waals surface area contributed by atoms with Gasteiger partial charge in [-0.25, -0.2) is 0 Å². The van der Waals surface area contributed by atoms with Crippen molar-refractivity contribution in [2.45, 2.75) is 31.8 Å². The van der Waals surface area contributed by atoms with Crippen LogP contribution in [0.25, 0.3) is 22.6 Å². The van der Waals surface area contributed by atoms with Crippen molar-refractivity contribution in [2.75, 3.05) is 7.11 Å². The molecule has 0 N–H and O–H groups in total. The fraction of sp³-hybridized carbons (Fsp3) is 0.273. The van der Waals surface area contributed by atoms with Gasteiger partial charge in [-0.1, -0.05) is 30.3 Å². The van der Waals surface area contributed by atoms with Gasteiger partial charge in [0.05, 0.1) is 13.2 Å². The molecule has 3 nitrogen and oxygen atoms in total. The highest BCUT2D eigenvalue weighted by molar-refractivity contribution is 5.67. The third-order valence-electron chi connectivity index (χ3n) is 4.71. The Labute approximate surface area is 148 Å². The Morgan fingerprint density at radius 1 is 0.800 bits per heavy atom. The molecule has 0 saturated heterocycles. The SMILES string of the molecule is COc1ccc(-c2ccc(-c3ccccc3)o2)cc1OC1CCCC1. The molecule has 3 aromatic rings. The van der Waals surface area contributed by atoms with Crippen molar-refractivity contribution in [3.63, 3.8) is 0 Å². The highest BCUT2D eigenvalue weighted by atomic mass is 16.5. The predicted octanol–water partition coefficient (Wildman–Crippen LogP) is 5.94. The van der Waals surface area contributed by atoms with E-state index < -0.39 is 0 Å². The van der Waals surface area contributed by atoms with Gasteiger partial charge in [-0.3, -0.25) is 0 Å². The number of methoxy groups -OCH3 is 1. The molecule has 0 aliphatic heterocycles. The first-order valence-corrected chi connectivity index (χ1v) is 8.84. The third kappa shape index (κ3) is 3.41. The zero-order valence-electron chi connectivity index (χ0n) is 14.4. The highest BCUT2D eigenvalue weighted by Gasteiger charge is 2.19. The lowest BCUT2D eigenvalue weighted by Gasteiger charge is -2.16. The van der Waals surface area contributed by atoms with Crippen molar-refractivity contribution in [3.05, 3.63) is 60.7 Å². The summed E-state index contributed by atoms with van der Waals surface area (Å²) in [4.78, 5) is 0. The number of hydrogen-bond acceptors (Lipinski definition) is 3. The maximum Gasteiger partial charge on any atom is 0.162 e. The number of rotatable bonds is 5.